The van der Waals surface area contributed by atoms with Crippen LogP contribution in [0.3, 0.4) is 0 Å². The van der Waals surface area contributed by atoms with Gasteiger partial charge in [0.05, 0.1) is 10.5 Å². The Labute approximate surface area is 188 Å². The first-order valence-electron chi connectivity index (χ1n) is 11.3. The summed E-state index contributed by atoms with van der Waals surface area (Å²) in [5.41, 5.74) is 2.78. The number of primary sulfonamides is 1. The Morgan fingerprint density at radius 1 is 1.12 bits per heavy atom. The lowest BCUT2D eigenvalue weighted by Gasteiger charge is -2.50. The molecule has 2 aromatic carbocycles. The molecule has 3 aliphatic rings. The summed E-state index contributed by atoms with van der Waals surface area (Å²) in [6, 6.07) is 11.5. The van der Waals surface area contributed by atoms with Crippen LogP contribution in [0.4, 0.5) is 0 Å². The lowest BCUT2D eigenvalue weighted by atomic mass is 9.55. The third-order valence-electron chi connectivity index (χ3n) is 8.27. The van der Waals surface area contributed by atoms with Gasteiger partial charge < -0.3 is 9.84 Å². The van der Waals surface area contributed by atoms with E-state index in [2.05, 4.69) is 13.0 Å². The van der Waals surface area contributed by atoms with E-state index in [1.807, 2.05) is 6.07 Å². The number of hydrogen-bond donors (Lipinski definition) is 2. The predicted octanol–water partition coefficient (Wildman–Crippen LogP) is 4.12. The molecule has 2 fully saturated rings. The normalized spacial score (nSPS) is 31.3. The van der Waals surface area contributed by atoms with E-state index in [4.69, 9.17) is 9.88 Å². The Balaban J connectivity index is 1.35. The molecule has 0 heterocycles. The molecule has 2 saturated carbocycles. The fourth-order valence-corrected chi connectivity index (χ4v) is 7.27. The summed E-state index contributed by atoms with van der Waals surface area (Å²) in [6.45, 7) is 2.26. The van der Waals surface area contributed by atoms with E-state index in [0.29, 0.717) is 23.5 Å². The zero-order valence-electron chi connectivity index (χ0n) is 18.2. The molecule has 5 atom stereocenters. The molecule has 3 aliphatic carbocycles. The smallest absolute Gasteiger partial charge is 0.338 e. The standard InChI is InChI=1S/C25H29NO5S/c1-25-12-11-20-19-8-6-17(27)13-15(19)5-7-21(20)22(25)9-10-23(25)31-24(28)16-3-2-4-18(14-16)32(26,29)30/h2-4,6,8,13-14,20-23,27H,5,7,9-12H2,1H3,(H2,26,29,30)/t20?,21?,22?,23-,25-/m0/s1. The minimum Gasteiger partial charge on any atom is -0.508 e. The molecule has 7 heteroatoms. The SMILES string of the molecule is C[C@]12CCC3c4ccc(O)cc4CCC3C1CC[C@@H]2OC(=O)c1cccc(S(N)(=O)=O)c1. The van der Waals surface area contributed by atoms with E-state index in [9.17, 15) is 18.3 Å². The highest BCUT2D eigenvalue weighted by molar-refractivity contribution is 7.89. The van der Waals surface area contributed by atoms with Gasteiger partial charge in [0, 0.05) is 5.41 Å². The van der Waals surface area contributed by atoms with Crippen LogP contribution in [0.1, 0.15) is 66.4 Å². The number of sulfonamides is 1. The van der Waals surface area contributed by atoms with Gasteiger partial charge in [0.2, 0.25) is 10.0 Å². The van der Waals surface area contributed by atoms with Crippen molar-refractivity contribution < 1.29 is 23.1 Å². The molecule has 6 nitrogen and oxygen atoms in total. The van der Waals surface area contributed by atoms with Gasteiger partial charge in [0.25, 0.3) is 0 Å². The number of rotatable bonds is 3. The van der Waals surface area contributed by atoms with Gasteiger partial charge in [-0.1, -0.05) is 19.1 Å². The molecule has 0 bridgehead atoms. The van der Waals surface area contributed by atoms with Crippen LogP contribution in [-0.4, -0.2) is 25.6 Å². The van der Waals surface area contributed by atoms with Crippen molar-refractivity contribution in [1.82, 2.24) is 0 Å². The van der Waals surface area contributed by atoms with Gasteiger partial charge in [-0.15, -0.1) is 0 Å². The summed E-state index contributed by atoms with van der Waals surface area (Å²) in [5, 5.41) is 15.1. The third kappa shape index (κ3) is 3.52. The number of nitrogens with two attached hydrogens (primary N) is 1. The Hall–Kier alpha value is -2.38. The zero-order valence-corrected chi connectivity index (χ0v) is 19.0. The summed E-state index contributed by atoms with van der Waals surface area (Å²) in [5.74, 6) is 1.38. The van der Waals surface area contributed by atoms with Crippen LogP contribution in [0.5, 0.6) is 5.75 Å². The molecule has 32 heavy (non-hydrogen) atoms. The predicted molar refractivity (Wildman–Crippen MR) is 120 cm³/mol. The van der Waals surface area contributed by atoms with Crippen LogP contribution in [0, 0.1) is 17.3 Å². The number of phenolic OH excluding ortho intramolecular Hbond substituents is 1. The van der Waals surface area contributed by atoms with Crippen LogP contribution in [0.15, 0.2) is 47.4 Å². The van der Waals surface area contributed by atoms with Crippen molar-refractivity contribution in [3.05, 3.63) is 59.2 Å². The molecule has 0 aromatic heterocycles. The Bertz CT molecular complexity index is 1180. The topological polar surface area (TPSA) is 107 Å². The summed E-state index contributed by atoms with van der Waals surface area (Å²) < 4.78 is 29.3. The first kappa shape index (κ1) is 21.5. The highest BCUT2D eigenvalue weighted by Gasteiger charge is 2.56. The third-order valence-corrected chi connectivity index (χ3v) is 9.18. The summed E-state index contributed by atoms with van der Waals surface area (Å²) >= 11 is 0. The molecular formula is C25H29NO5S. The number of carbonyl (C=O) groups excluding carboxylic acids is 1. The number of benzene rings is 2. The number of ether oxygens (including phenoxy) is 1. The fraction of sp³-hybridized carbons (Fsp3) is 0.480. The second-order valence-electron chi connectivity index (χ2n) is 9.89. The van der Waals surface area contributed by atoms with Gasteiger partial charge in [-0.25, -0.2) is 18.4 Å². The van der Waals surface area contributed by atoms with Crippen molar-refractivity contribution in [3.8, 4) is 5.75 Å². The molecule has 5 rings (SSSR count). The highest BCUT2D eigenvalue weighted by Crippen LogP contribution is 2.61. The van der Waals surface area contributed by atoms with E-state index < -0.39 is 16.0 Å². The van der Waals surface area contributed by atoms with Crippen molar-refractivity contribution in [2.45, 2.75) is 62.4 Å². The monoisotopic (exact) mass is 455 g/mol. The Kier molecular flexibility index (Phi) is 5.09. The minimum absolute atomic E-state index is 0.0806. The molecule has 0 aliphatic heterocycles. The van der Waals surface area contributed by atoms with Gasteiger partial charge >= 0.3 is 5.97 Å². The van der Waals surface area contributed by atoms with Gasteiger partial charge in [-0.2, -0.15) is 0 Å². The van der Waals surface area contributed by atoms with E-state index >= 15 is 0 Å². The number of aromatic hydroxyl groups is 1. The fourth-order valence-electron chi connectivity index (χ4n) is 6.71. The van der Waals surface area contributed by atoms with Gasteiger partial charge in [-0.3, -0.25) is 0 Å². The quantitative estimate of drug-likeness (QED) is 0.677. The van der Waals surface area contributed by atoms with Crippen molar-refractivity contribution in [2.75, 3.05) is 0 Å². The van der Waals surface area contributed by atoms with E-state index in [-0.39, 0.29) is 22.0 Å². The highest BCUT2D eigenvalue weighted by atomic mass is 32.2. The van der Waals surface area contributed by atoms with Gasteiger partial charge in [0.15, 0.2) is 0 Å². The second-order valence-corrected chi connectivity index (χ2v) is 11.4. The van der Waals surface area contributed by atoms with E-state index in [0.717, 1.165) is 38.5 Å². The molecule has 0 saturated heterocycles. The number of fused-ring (bicyclic) bond motifs is 5. The molecule has 170 valence electrons. The summed E-state index contributed by atoms with van der Waals surface area (Å²) in [6.07, 6.45) is 5.77. The second kappa shape index (κ2) is 7.59. The first-order chi connectivity index (χ1) is 15.2. The number of phenols is 1. The lowest BCUT2D eigenvalue weighted by Crippen LogP contribution is -2.45. The largest absolute Gasteiger partial charge is 0.508 e. The molecular weight excluding hydrogens is 426 g/mol. The van der Waals surface area contributed by atoms with Gasteiger partial charge in [-0.05, 0) is 97.7 Å². The molecule has 3 unspecified atom stereocenters. The maximum atomic E-state index is 12.9. The number of aryl methyl sites for hydroxylation is 1. The minimum atomic E-state index is -3.88. The summed E-state index contributed by atoms with van der Waals surface area (Å²) in [4.78, 5) is 12.8. The number of hydrogen-bond acceptors (Lipinski definition) is 5. The van der Waals surface area contributed by atoms with Crippen molar-refractivity contribution >= 4 is 16.0 Å². The Morgan fingerprint density at radius 3 is 2.72 bits per heavy atom. The van der Waals surface area contributed by atoms with Gasteiger partial charge in [0.1, 0.15) is 11.9 Å². The van der Waals surface area contributed by atoms with E-state index in [1.54, 1.807) is 12.1 Å². The van der Waals surface area contributed by atoms with Crippen molar-refractivity contribution in [3.63, 3.8) is 0 Å². The number of esters is 1. The first-order valence-corrected chi connectivity index (χ1v) is 12.9. The number of carbonyl (C=O) groups is 1. The average molecular weight is 456 g/mol. The molecule has 0 amide bonds. The van der Waals surface area contributed by atoms with Crippen molar-refractivity contribution in [2.24, 2.45) is 22.4 Å². The van der Waals surface area contributed by atoms with Crippen LogP contribution in [-0.2, 0) is 21.2 Å². The lowest BCUT2D eigenvalue weighted by molar-refractivity contribution is -0.0428. The molecule has 2 aromatic rings. The van der Waals surface area contributed by atoms with Crippen LogP contribution in [0.2, 0.25) is 0 Å². The van der Waals surface area contributed by atoms with Crippen LogP contribution in [0.25, 0.3) is 0 Å². The van der Waals surface area contributed by atoms with Crippen molar-refractivity contribution in [1.29, 1.82) is 0 Å². The molecule has 0 radical (unpaired) electrons. The van der Waals surface area contributed by atoms with Crippen LogP contribution < -0.4 is 5.14 Å². The molecule has 0 spiro atoms. The van der Waals surface area contributed by atoms with E-state index in [1.165, 1.54) is 29.3 Å². The zero-order chi connectivity index (χ0) is 22.7. The van der Waals surface area contributed by atoms with Crippen LogP contribution >= 0.6 is 0 Å². The Morgan fingerprint density at radius 2 is 1.94 bits per heavy atom. The maximum absolute atomic E-state index is 12.9. The summed E-state index contributed by atoms with van der Waals surface area (Å²) in [7, 11) is -3.88. The average Bonchev–Trinajstić information content (AvgIpc) is 3.09. The maximum Gasteiger partial charge on any atom is 0.338 e. The molecule has 3 N–H and O–H groups in total.